The standard InChI is InChI=1S/C18H21FN4O/c19-15-4-1-5-16(12-15)22-9-2-6-18(13-22)14-23(10-11-24-18)17-20-7-3-8-21-17/h1,3-5,7-8,12H,2,6,9-11,13-14H2/t18-/m1/s1. The molecule has 2 aliphatic rings. The summed E-state index contributed by atoms with van der Waals surface area (Å²) in [6.45, 7) is 3.92. The quantitative estimate of drug-likeness (QED) is 0.847. The van der Waals surface area contributed by atoms with Crippen LogP contribution in [0.1, 0.15) is 12.8 Å². The Morgan fingerprint density at radius 1 is 1.04 bits per heavy atom. The Balaban J connectivity index is 1.53. The molecule has 2 saturated heterocycles. The molecule has 126 valence electrons. The first-order valence-corrected chi connectivity index (χ1v) is 8.41. The molecule has 1 aromatic heterocycles. The average Bonchev–Trinajstić information content (AvgIpc) is 2.63. The van der Waals surface area contributed by atoms with E-state index in [1.807, 2.05) is 12.1 Å². The van der Waals surface area contributed by atoms with Gasteiger partial charge in [-0.2, -0.15) is 0 Å². The van der Waals surface area contributed by atoms with Gasteiger partial charge in [-0.1, -0.05) is 6.07 Å². The highest BCUT2D eigenvalue weighted by molar-refractivity contribution is 5.48. The number of morpholine rings is 1. The fraction of sp³-hybridized carbons (Fsp3) is 0.444. The minimum absolute atomic E-state index is 0.198. The molecule has 5 nitrogen and oxygen atoms in total. The van der Waals surface area contributed by atoms with E-state index in [1.54, 1.807) is 24.5 Å². The summed E-state index contributed by atoms with van der Waals surface area (Å²) in [6.07, 6.45) is 5.57. The van der Waals surface area contributed by atoms with E-state index in [0.717, 1.165) is 50.7 Å². The monoisotopic (exact) mass is 328 g/mol. The van der Waals surface area contributed by atoms with E-state index in [0.29, 0.717) is 6.61 Å². The maximum Gasteiger partial charge on any atom is 0.225 e. The lowest BCUT2D eigenvalue weighted by molar-refractivity contribution is -0.0632. The molecule has 0 N–H and O–H groups in total. The molecule has 2 aliphatic heterocycles. The van der Waals surface area contributed by atoms with Gasteiger partial charge in [-0.25, -0.2) is 14.4 Å². The number of benzene rings is 1. The van der Waals surface area contributed by atoms with Gasteiger partial charge in [0.05, 0.1) is 13.2 Å². The van der Waals surface area contributed by atoms with Crippen molar-refractivity contribution in [2.75, 3.05) is 42.6 Å². The first kappa shape index (κ1) is 15.3. The number of nitrogens with zero attached hydrogens (tertiary/aromatic N) is 4. The fourth-order valence-electron chi connectivity index (χ4n) is 3.71. The van der Waals surface area contributed by atoms with Gasteiger partial charge in [-0.05, 0) is 37.1 Å². The number of aromatic nitrogens is 2. The molecule has 2 aromatic rings. The summed E-state index contributed by atoms with van der Waals surface area (Å²) < 4.78 is 19.8. The molecular formula is C18H21FN4O. The van der Waals surface area contributed by atoms with Gasteiger partial charge in [-0.3, -0.25) is 0 Å². The van der Waals surface area contributed by atoms with Crippen molar-refractivity contribution in [1.29, 1.82) is 0 Å². The molecule has 0 saturated carbocycles. The molecule has 0 radical (unpaired) electrons. The van der Waals surface area contributed by atoms with Crippen molar-refractivity contribution in [3.63, 3.8) is 0 Å². The highest BCUT2D eigenvalue weighted by Crippen LogP contribution is 2.32. The normalized spacial score (nSPS) is 24.4. The molecule has 2 fully saturated rings. The van der Waals surface area contributed by atoms with Crippen LogP contribution in [0.4, 0.5) is 16.0 Å². The van der Waals surface area contributed by atoms with Crippen LogP contribution in [-0.4, -0.2) is 48.4 Å². The van der Waals surface area contributed by atoms with Gasteiger partial charge in [0.2, 0.25) is 5.95 Å². The van der Waals surface area contributed by atoms with Crippen LogP contribution >= 0.6 is 0 Å². The molecular weight excluding hydrogens is 307 g/mol. The van der Waals surface area contributed by atoms with E-state index in [9.17, 15) is 4.39 Å². The third kappa shape index (κ3) is 3.06. The van der Waals surface area contributed by atoms with E-state index in [-0.39, 0.29) is 11.4 Å². The summed E-state index contributed by atoms with van der Waals surface area (Å²) in [4.78, 5) is 13.1. The molecule has 24 heavy (non-hydrogen) atoms. The molecule has 1 spiro atoms. The van der Waals surface area contributed by atoms with Crippen LogP contribution in [0.2, 0.25) is 0 Å². The maximum atomic E-state index is 13.6. The fourth-order valence-corrected chi connectivity index (χ4v) is 3.71. The van der Waals surface area contributed by atoms with Gasteiger partial charge >= 0.3 is 0 Å². The first-order valence-electron chi connectivity index (χ1n) is 8.41. The van der Waals surface area contributed by atoms with Crippen molar-refractivity contribution < 1.29 is 9.13 Å². The number of halogens is 1. The van der Waals surface area contributed by atoms with Crippen LogP contribution in [0.15, 0.2) is 42.7 Å². The summed E-state index contributed by atoms with van der Waals surface area (Å²) in [5.74, 6) is 0.555. The van der Waals surface area contributed by atoms with Gasteiger partial charge < -0.3 is 14.5 Å². The van der Waals surface area contributed by atoms with Crippen LogP contribution in [0, 0.1) is 5.82 Å². The van der Waals surface area contributed by atoms with Crippen LogP contribution < -0.4 is 9.80 Å². The lowest BCUT2D eigenvalue weighted by atomic mass is 9.90. The minimum Gasteiger partial charge on any atom is -0.369 e. The zero-order valence-electron chi connectivity index (χ0n) is 13.6. The summed E-state index contributed by atoms with van der Waals surface area (Å²) in [5, 5.41) is 0. The van der Waals surface area contributed by atoms with Gasteiger partial charge in [0.25, 0.3) is 0 Å². The molecule has 4 rings (SSSR count). The van der Waals surface area contributed by atoms with Gasteiger partial charge in [0.15, 0.2) is 0 Å². The van der Waals surface area contributed by atoms with Gasteiger partial charge in [0, 0.05) is 37.7 Å². The number of hydrogen-bond donors (Lipinski definition) is 0. The summed E-state index contributed by atoms with van der Waals surface area (Å²) in [5.41, 5.74) is 0.674. The van der Waals surface area contributed by atoms with Gasteiger partial charge in [0.1, 0.15) is 11.4 Å². The van der Waals surface area contributed by atoms with Crippen molar-refractivity contribution in [2.45, 2.75) is 18.4 Å². The third-order valence-electron chi connectivity index (χ3n) is 4.80. The Kier molecular flexibility index (Phi) is 4.06. The topological polar surface area (TPSA) is 41.5 Å². The van der Waals surface area contributed by atoms with Crippen molar-refractivity contribution >= 4 is 11.6 Å². The Bertz CT molecular complexity index is 694. The predicted octanol–water partition coefficient (Wildman–Crippen LogP) is 2.49. The predicted molar refractivity (Wildman–Crippen MR) is 90.8 cm³/mol. The Labute approximate surface area is 141 Å². The lowest BCUT2D eigenvalue weighted by Gasteiger charge is -2.48. The number of anilines is 2. The minimum atomic E-state index is -0.248. The van der Waals surface area contributed by atoms with E-state index in [2.05, 4.69) is 19.8 Å². The van der Waals surface area contributed by atoms with Crippen molar-refractivity contribution in [3.05, 3.63) is 48.5 Å². The molecule has 1 atom stereocenters. The highest BCUT2D eigenvalue weighted by Gasteiger charge is 2.41. The van der Waals surface area contributed by atoms with Crippen LogP contribution in [0.5, 0.6) is 0 Å². The largest absolute Gasteiger partial charge is 0.369 e. The zero-order chi connectivity index (χ0) is 16.4. The second kappa shape index (κ2) is 6.36. The molecule has 0 aliphatic carbocycles. The van der Waals surface area contributed by atoms with Crippen molar-refractivity contribution in [2.24, 2.45) is 0 Å². The molecule has 0 unspecified atom stereocenters. The summed E-state index contributed by atoms with van der Waals surface area (Å²) in [6, 6.07) is 8.63. The molecule has 6 heteroatoms. The average molecular weight is 328 g/mol. The highest BCUT2D eigenvalue weighted by atomic mass is 19.1. The number of piperidine rings is 1. The third-order valence-corrected chi connectivity index (χ3v) is 4.80. The number of ether oxygens (including phenoxy) is 1. The Morgan fingerprint density at radius 3 is 2.71 bits per heavy atom. The summed E-state index contributed by atoms with van der Waals surface area (Å²) in [7, 11) is 0. The number of rotatable bonds is 2. The van der Waals surface area contributed by atoms with Crippen LogP contribution in [0.25, 0.3) is 0 Å². The second-order valence-electron chi connectivity index (χ2n) is 6.51. The van der Waals surface area contributed by atoms with Crippen molar-refractivity contribution in [3.8, 4) is 0 Å². The smallest absolute Gasteiger partial charge is 0.225 e. The molecule has 3 heterocycles. The van der Waals surface area contributed by atoms with E-state index >= 15 is 0 Å². The van der Waals surface area contributed by atoms with Crippen molar-refractivity contribution in [1.82, 2.24) is 9.97 Å². The number of hydrogen-bond acceptors (Lipinski definition) is 5. The summed E-state index contributed by atoms with van der Waals surface area (Å²) >= 11 is 0. The Hall–Kier alpha value is -2.21. The van der Waals surface area contributed by atoms with E-state index in [1.165, 1.54) is 6.07 Å². The zero-order valence-corrected chi connectivity index (χ0v) is 13.6. The maximum absolute atomic E-state index is 13.6. The SMILES string of the molecule is Fc1cccc(N2CCC[C@@]3(C2)CN(c2ncccn2)CCO3)c1. The lowest BCUT2D eigenvalue weighted by Crippen LogP contribution is -2.60. The Morgan fingerprint density at radius 2 is 1.88 bits per heavy atom. The molecule has 0 bridgehead atoms. The molecule has 1 aromatic carbocycles. The second-order valence-corrected chi connectivity index (χ2v) is 6.51. The van der Waals surface area contributed by atoms with Crippen LogP contribution in [-0.2, 0) is 4.74 Å². The van der Waals surface area contributed by atoms with E-state index < -0.39 is 0 Å². The van der Waals surface area contributed by atoms with E-state index in [4.69, 9.17) is 4.74 Å². The first-order chi connectivity index (χ1) is 11.7. The molecule has 0 amide bonds. The van der Waals surface area contributed by atoms with Crippen LogP contribution in [0.3, 0.4) is 0 Å². The van der Waals surface area contributed by atoms with Gasteiger partial charge in [-0.15, -0.1) is 0 Å².